The van der Waals surface area contributed by atoms with Gasteiger partial charge in [-0.2, -0.15) is 13.2 Å². The third-order valence-corrected chi connectivity index (χ3v) is 8.13. The van der Waals surface area contributed by atoms with Gasteiger partial charge in [0.15, 0.2) is 0 Å². The highest BCUT2D eigenvalue weighted by atomic mass is 32.2. The normalized spacial score (nSPS) is 22.3. The van der Waals surface area contributed by atoms with Crippen molar-refractivity contribution in [1.29, 1.82) is 0 Å². The Morgan fingerprint density at radius 3 is 2.42 bits per heavy atom. The highest BCUT2D eigenvalue weighted by Gasteiger charge is 2.56. The number of amides is 2. The van der Waals surface area contributed by atoms with Crippen LogP contribution in [0.25, 0.3) is 0 Å². The number of rotatable bonds is 3. The summed E-state index contributed by atoms with van der Waals surface area (Å²) in [6.07, 6.45) is -4.61. The van der Waals surface area contributed by atoms with Crippen molar-refractivity contribution in [3.63, 3.8) is 0 Å². The number of anilines is 1. The molecule has 0 radical (unpaired) electrons. The molecule has 170 valence electrons. The minimum atomic E-state index is -4.61. The maximum absolute atomic E-state index is 13.5. The number of hydrogen-bond donors (Lipinski definition) is 1. The van der Waals surface area contributed by atoms with E-state index >= 15 is 0 Å². The number of aromatic nitrogens is 1. The fourth-order valence-electron chi connectivity index (χ4n) is 4.26. The van der Waals surface area contributed by atoms with E-state index in [4.69, 9.17) is 4.74 Å². The predicted octanol–water partition coefficient (Wildman–Crippen LogP) is 4.26. The van der Waals surface area contributed by atoms with Gasteiger partial charge in [0.2, 0.25) is 11.8 Å². The van der Waals surface area contributed by atoms with Gasteiger partial charge in [-0.3, -0.25) is 14.4 Å². The number of halogens is 3. The summed E-state index contributed by atoms with van der Waals surface area (Å²) >= 11 is 2.03. The Labute approximate surface area is 193 Å². The van der Waals surface area contributed by atoms with Crippen LogP contribution in [0.1, 0.15) is 21.9 Å². The molecule has 2 aliphatic heterocycles. The highest BCUT2D eigenvalue weighted by molar-refractivity contribution is 8.00. The number of alkyl halides is 3. The van der Waals surface area contributed by atoms with Gasteiger partial charge in [0, 0.05) is 10.8 Å². The molecule has 3 heterocycles. The first-order valence-electron chi connectivity index (χ1n) is 9.77. The Hall–Kier alpha value is -3.05. The Kier molecular flexibility index (Phi) is 5.13. The second kappa shape index (κ2) is 7.77. The quantitative estimate of drug-likeness (QED) is 0.553. The first-order chi connectivity index (χ1) is 15.7. The third-order valence-electron chi connectivity index (χ3n) is 5.73. The second-order valence-electron chi connectivity index (χ2n) is 7.58. The van der Waals surface area contributed by atoms with Crippen molar-refractivity contribution in [2.75, 3.05) is 12.0 Å². The molecule has 6 nitrogen and oxygen atoms in total. The molecule has 0 unspecified atom stereocenters. The van der Waals surface area contributed by atoms with Crippen LogP contribution in [0.15, 0.2) is 58.4 Å². The lowest BCUT2D eigenvalue weighted by Gasteiger charge is -2.29. The number of fused-ring (bicyclic) bond motifs is 2. The first kappa shape index (κ1) is 21.8. The van der Waals surface area contributed by atoms with Crippen LogP contribution >= 0.6 is 23.1 Å². The molecule has 0 aliphatic carbocycles. The largest absolute Gasteiger partial charge is 0.497 e. The molecule has 1 saturated heterocycles. The molecule has 0 saturated carbocycles. The number of hydrogen-bond acceptors (Lipinski definition) is 6. The fraction of sp³-hybridized carbons (Fsp3) is 0.227. The van der Waals surface area contributed by atoms with E-state index in [1.807, 2.05) is 0 Å². The molecule has 3 aromatic rings. The molecule has 2 aliphatic rings. The summed E-state index contributed by atoms with van der Waals surface area (Å²) in [5.74, 6) is -2.07. The van der Waals surface area contributed by atoms with Crippen molar-refractivity contribution >= 4 is 40.6 Å². The van der Waals surface area contributed by atoms with Crippen LogP contribution < -0.4 is 14.5 Å². The van der Waals surface area contributed by atoms with E-state index < -0.39 is 40.6 Å². The van der Waals surface area contributed by atoms with Gasteiger partial charge >= 0.3 is 11.0 Å². The Morgan fingerprint density at radius 2 is 1.76 bits per heavy atom. The van der Waals surface area contributed by atoms with Crippen LogP contribution in [0.5, 0.6) is 5.75 Å². The van der Waals surface area contributed by atoms with Gasteiger partial charge in [0.25, 0.3) is 0 Å². The minimum Gasteiger partial charge on any atom is -0.497 e. The van der Waals surface area contributed by atoms with Crippen molar-refractivity contribution in [2.24, 2.45) is 5.92 Å². The number of nitrogens with zero attached hydrogens (tertiary/aromatic N) is 1. The van der Waals surface area contributed by atoms with Gasteiger partial charge in [0.1, 0.15) is 11.0 Å². The average molecular weight is 493 g/mol. The number of methoxy groups -OCH3 is 1. The van der Waals surface area contributed by atoms with E-state index in [-0.39, 0.29) is 10.6 Å². The Bertz CT molecular complexity index is 1320. The van der Waals surface area contributed by atoms with E-state index in [0.717, 1.165) is 40.1 Å². The lowest BCUT2D eigenvalue weighted by molar-refractivity contribution is -0.137. The summed E-state index contributed by atoms with van der Waals surface area (Å²) in [6, 6.07) is 11.1. The summed E-state index contributed by atoms with van der Waals surface area (Å²) in [6.45, 7) is 0. The lowest BCUT2D eigenvalue weighted by atomic mass is 9.83. The number of aromatic amines is 1. The van der Waals surface area contributed by atoms with E-state index in [1.54, 1.807) is 24.3 Å². The molecule has 11 heteroatoms. The second-order valence-corrected chi connectivity index (χ2v) is 9.75. The monoisotopic (exact) mass is 492 g/mol. The fourth-order valence-corrected chi connectivity index (χ4v) is 6.78. The zero-order valence-corrected chi connectivity index (χ0v) is 18.5. The maximum atomic E-state index is 13.5. The summed E-state index contributed by atoms with van der Waals surface area (Å²) in [7, 11) is 1.52. The molecule has 0 bridgehead atoms. The van der Waals surface area contributed by atoms with Gasteiger partial charge < -0.3 is 9.72 Å². The first-order valence-corrected chi connectivity index (χ1v) is 11.5. The Balaban J connectivity index is 1.61. The van der Waals surface area contributed by atoms with Crippen LogP contribution in [0.3, 0.4) is 0 Å². The topological polar surface area (TPSA) is 79.5 Å². The summed E-state index contributed by atoms with van der Waals surface area (Å²) in [4.78, 5) is 42.8. The number of thioether (sulfide) groups is 1. The van der Waals surface area contributed by atoms with E-state index in [1.165, 1.54) is 19.2 Å². The SMILES string of the molecule is COc1ccc([C@H]2c3sc(=O)[nH]c3S[C@H]3C(=O)N(c4cccc(C(F)(F)F)c4)C(=O)[C@H]23)cc1. The molecular weight excluding hydrogens is 477 g/mol. The summed E-state index contributed by atoms with van der Waals surface area (Å²) < 4.78 is 44.9. The predicted molar refractivity (Wildman–Crippen MR) is 117 cm³/mol. The van der Waals surface area contributed by atoms with Crippen molar-refractivity contribution in [3.05, 3.63) is 74.2 Å². The number of thiazole rings is 1. The van der Waals surface area contributed by atoms with E-state index in [0.29, 0.717) is 21.2 Å². The van der Waals surface area contributed by atoms with Crippen LogP contribution in [-0.2, 0) is 15.8 Å². The maximum Gasteiger partial charge on any atom is 0.416 e. The smallest absolute Gasteiger partial charge is 0.416 e. The number of H-pyrrole nitrogens is 1. The molecule has 1 N–H and O–H groups in total. The van der Waals surface area contributed by atoms with Crippen molar-refractivity contribution in [1.82, 2.24) is 4.98 Å². The molecule has 5 rings (SSSR count). The summed E-state index contributed by atoms with van der Waals surface area (Å²) in [5, 5.41) is -0.379. The molecule has 0 spiro atoms. The highest BCUT2D eigenvalue weighted by Crippen LogP contribution is 2.53. The molecule has 2 amide bonds. The number of ether oxygens (including phenoxy) is 1. The zero-order chi connectivity index (χ0) is 23.5. The molecule has 2 aromatic carbocycles. The van der Waals surface area contributed by atoms with E-state index in [2.05, 4.69) is 4.98 Å². The number of nitrogens with one attached hydrogen (secondary N) is 1. The van der Waals surface area contributed by atoms with Crippen LogP contribution in [0, 0.1) is 5.92 Å². The lowest BCUT2D eigenvalue weighted by Crippen LogP contribution is -2.32. The van der Waals surface area contributed by atoms with Crippen LogP contribution in [0.2, 0.25) is 0 Å². The summed E-state index contributed by atoms with van der Waals surface area (Å²) in [5.41, 5.74) is -0.368. The molecule has 33 heavy (non-hydrogen) atoms. The van der Waals surface area contributed by atoms with Gasteiger partial charge in [-0.15, -0.1) is 0 Å². The number of carbonyl (C=O) groups is 2. The minimum absolute atomic E-state index is 0.125. The average Bonchev–Trinajstić information content (AvgIpc) is 3.28. The van der Waals surface area contributed by atoms with Crippen molar-refractivity contribution < 1.29 is 27.5 Å². The standard InChI is InChI=1S/C22H15F3N2O4S2/c1-31-13-7-5-10(6-8-13)14-15-17(32-18-16(14)33-21(30)26-18)20(29)27(19(15)28)12-4-2-3-11(9-12)22(23,24)25/h2-9,14-15,17H,1H3,(H,26,30)/t14-,15-,17-/m1/s1. The Morgan fingerprint density at radius 1 is 1.03 bits per heavy atom. The van der Waals surface area contributed by atoms with Gasteiger partial charge in [-0.1, -0.05) is 41.3 Å². The van der Waals surface area contributed by atoms with Crippen LogP contribution in [-0.4, -0.2) is 29.2 Å². The molecule has 1 aromatic heterocycles. The zero-order valence-electron chi connectivity index (χ0n) is 16.9. The van der Waals surface area contributed by atoms with Gasteiger partial charge in [-0.25, -0.2) is 4.90 Å². The van der Waals surface area contributed by atoms with Gasteiger partial charge in [-0.05, 0) is 35.9 Å². The van der Waals surface area contributed by atoms with Crippen molar-refractivity contribution in [2.45, 2.75) is 22.4 Å². The third kappa shape index (κ3) is 3.55. The number of carbonyl (C=O) groups excluding carboxylic acids is 2. The molecular formula is C22H15F3N2O4S2. The molecule has 3 atom stereocenters. The van der Waals surface area contributed by atoms with Crippen molar-refractivity contribution in [3.8, 4) is 5.75 Å². The van der Waals surface area contributed by atoms with Gasteiger partial charge in [0.05, 0.1) is 29.3 Å². The van der Waals surface area contributed by atoms with E-state index in [9.17, 15) is 27.6 Å². The van der Waals surface area contributed by atoms with Crippen LogP contribution in [0.4, 0.5) is 18.9 Å². The number of imide groups is 1. The number of benzene rings is 2. The molecule has 1 fully saturated rings.